The van der Waals surface area contributed by atoms with Crippen molar-refractivity contribution < 1.29 is 23.1 Å². The van der Waals surface area contributed by atoms with Crippen molar-refractivity contribution in [3.8, 4) is 5.75 Å². The first-order chi connectivity index (χ1) is 7.45. The third-order valence-corrected chi connectivity index (χ3v) is 2.45. The molecule has 0 saturated heterocycles. The van der Waals surface area contributed by atoms with Crippen LogP contribution in [0.2, 0.25) is 0 Å². The van der Waals surface area contributed by atoms with Gasteiger partial charge in [-0.15, -0.1) is 0 Å². The van der Waals surface area contributed by atoms with Crippen molar-refractivity contribution >= 4 is 28.0 Å². The Morgan fingerprint density at radius 2 is 2.12 bits per heavy atom. The molecule has 3 nitrogen and oxygen atoms in total. The molecule has 1 rings (SSSR count). The molecule has 0 radical (unpaired) electrons. The molecule has 0 aliphatic rings. The zero-order valence-corrected chi connectivity index (χ0v) is 9.75. The maximum atomic E-state index is 12.0. The van der Waals surface area contributed by atoms with E-state index in [2.05, 4.69) is 20.7 Å². The van der Waals surface area contributed by atoms with Gasteiger partial charge >= 0.3 is 6.61 Å². The van der Waals surface area contributed by atoms with Gasteiger partial charge in [0.25, 0.3) is 0 Å². The van der Waals surface area contributed by atoms with Gasteiger partial charge in [0.15, 0.2) is 12.1 Å². The van der Waals surface area contributed by atoms with Gasteiger partial charge in [0.05, 0.1) is 4.47 Å². The van der Waals surface area contributed by atoms with Crippen LogP contribution in [0.5, 0.6) is 5.75 Å². The number of rotatable bonds is 4. The fraction of sp³-hybridized carbons (Fsp3) is 0.200. The summed E-state index contributed by atoms with van der Waals surface area (Å²) in [6.45, 7) is -1.71. The molecule has 1 aromatic carbocycles. The smallest absolute Gasteiger partial charge is 0.387 e. The van der Waals surface area contributed by atoms with Gasteiger partial charge < -0.3 is 4.74 Å². The molecule has 6 heteroatoms. The van der Waals surface area contributed by atoms with Crippen LogP contribution in [0.4, 0.5) is 8.78 Å². The molecule has 0 heterocycles. The van der Waals surface area contributed by atoms with E-state index in [1.165, 1.54) is 13.0 Å². The summed E-state index contributed by atoms with van der Waals surface area (Å²) in [4.78, 5) is 21.8. The van der Waals surface area contributed by atoms with Gasteiger partial charge in [-0.05, 0) is 35.0 Å². The number of hydrogen-bond donors (Lipinski definition) is 0. The van der Waals surface area contributed by atoms with E-state index in [0.29, 0.717) is 6.29 Å². The SMILES string of the molecule is CC(=O)c1cc(Br)c(OC(F)F)cc1C=O. The Labute approximate surface area is 98.5 Å². The predicted octanol–water partition coefficient (Wildman–Crippen LogP) is 3.07. The number of Topliss-reactive ketones (excluding diaryl/α,β-unsaturated/α-hetero) is 1. The molecular formula is C10H7BrF2O3. The summed E-state index contributed by atoms with van der Waals surface area (Å²) in [6.07, 6.45) is 0.418. The van der Waals surface area contributed by atoms with E-state index in [0.717, 1.165) is 6.07 Å². The molecule has 0 spiro atoms. The molecule has 16 heavy (non-hydrogen) atoms. The van der Waals surface area contributed by atoms with Crippen molar-refractivity contribution in [3.05, 3.63) is 27.7 Å². The Hall–Kier alpha value is -1.30. The number of carbonyl (C=O) groups excluding carboxylic acids is 2. The highest BCUT2D eigenvalue weighted by atomic mass is 79.9. The topological polar surface area (TPSA) is 43.4 Å². The molecule has 0 aliphatic heterocycles. The molecule has 86 valence electrons. The van der Waals surface area contributed by atoms with Crippen LogP contribution in [-0.2, 0) is 0 Å². The van der Waals surface area contributed by atoms with Gasteiger partial charge in [0.2, 0.25) is 0 Å². The average molecular weight is 293 g/mol. The Kier molecular flexibility index (Phi) is 4.12. The summed E-state index contributed by atoms with van der Waals surface area (Å²) in [6, 6.07) is 2.38. The fourth-order valence-corrected chi connectivity index (χ4v) is 1.59. The van der Waals surface area contributed by atoms with Crippen molar-refractivity contribution in [1.82, 2.24) is 0 Å². The van der Waals surface area contributed by atoms with E-state index < -0.39 is 6.61 Å². The highest BCUT2D eigenvalue weighted by Crippen LogP contribution is 2.29. The van der Waals surface area contributed by atoms with Gasteiger partial charge in [0, 0.05) is 11.1 Å². The average Bonchev–Trinajstić information content (AvgIpc) is 2.19. The number of halogens is 3. The monoisotopic (exact) mass is 292 g/mol. The molecule has 0 N–H and O–H groups in total. The zero-order valence-electron chi connectivity index (χ0n) is 8.17. The van der Waals surface area contributed by atoms with Crippen LogP contribution in [0, 0.1) is 0 Å². The predicted molar refractivity (Wildman–Crippen MR) is 56.2 cm³/mol. The lowest BCUT2D eigenvalue weighted by atomic mass is 10.1. The molecule has 0 saturated carbocycles. The van der Waals surface area contributed by atoms with Crippen LogP contribution in [0.25, 0.3) is 0 Å². The Balaban J connectivity index is 3.25. The standard InChI is InChI=1S/C10H7BrF2O3/c1-5(15)7-3-8(11)9(16-10(12)13)2-6(7)4-14/h2-4,10H,1H3. The Morgan fingerprint density at radius 1 is 1.50 bits per heavy atom. The van der Waals surface area contributed by atoms with Crippen molar-refractivity contribution in [2.24, 2.45) is 0 Å². The second-order valence-electron chi connectivity index (χ2n) is 2.92. The van der Waals surface area contributed by atoms with Crippen molar-refractivity contribution in [3.63, 3.8) is 0 Å². The quantitative estimate of drug-likeness (QED) is 0.633. The second kappa shape index (κ2) is 5.16. The lowest BCUT2D eigenvalue weighted by Gasteiger charge is -2.09. The summed E-state index contributed by atoms with van der Waals surface area (Å²) in [5.41, 5.74) is 0.176. The third kappa shape index (κ3) is 2.85. The van der Waals surface area contributed by atoms with E-state index in [-0.39, 0.29) is 27.1 Å². The summed E-state index contributed by atoms with van der Waals surface area (Å²) < 4.78 is 28.4. The zero-order chi connectivity index (χ0) is 12.3. The van der Waals surface area contributed by atoms with Gasteiger partial charge in [0.1, 0.15) is 5.75 Å². The number of hydrogen-bond acceptors (Lipinski definition) is 3. The van der Waals surface area contributed by atoms with Crippen LogP contribution in [0.15, 0.2) is 16.6 Å². The molecule has 0 aromatic heterocycles. The van der Waals surface area contributed by atoms with Crippen LogP contribution >= 0.6 is 15.9 Å². The molecular weight excluding hydrogens is 286 g/mol. The number of alkyl halides is 2. The number of ether oxygens (including phenoxy) is 1. The first kappa shape index (κ1) is 12.8. The molecule has 0 atom stereocenters. The second-order valence-corrected chi connectivity index (χ2v) is 3.78. The lowest BCUT2D eigenvalue weighted by molar-refractivity contribution is -0.0503. The summed E-state index contributed by atoms with van der Waals surface area (Å²) in [5.74, 6) is -0.506. The Bertz CT molecular complexity index is 432. The molecule has 0 amide bonds. The fourth-order valence-electron chi connectivity index (χ4n) is 1.16. The molecule has 0 aliphatic carbocycles. The maximum absolute atomic E-state index is 12.0. The van der Waals surface area contributed by atoms with Crippen LogP contribution < -0.4 is 4.74 Å². The highest BCUT2D eigenvalue weighted by molar-refractivity contribution is 9.10. The molecule has 1 aromatic rings. The van der Waals surface area contributed by atoms with E-state index in [9.17, 15) is 18.4 Å². The maximum Gasteiger partial charge on any atom is 0.387 e. The van der Waals surface area contributed by atoms with Crippen molar-refractivity contribution in [1.29, 1.82) is 0 Å². The van der Waals surface area contributed by atoms with Crippen molar-refractivity contribution in [2.45, 2.75) is 13.5 Å². The number of aldehydes is 1. The first-order valence-electron chi connectivity index (χ1n) is 4.20. The lowest BCUT2D eigenvalue weighted by Crippen LogP contribution is -2.05. The van der Waals surface area contributed by atoms with E-state index in [1.54, 1.807) is 0 Å². The highest BCUT2D eigenvalue weighted by Gasteiger charge is 2.14. The minimum atomic E-state index is -2.99. The first-order valence-corrected chi connectivity index (χ1v) is 4.99. The van der Waals surface area contributed by atoms with Gasteiger partial charge in [-0.25, -0.2) is 0 Å². The van der Waals surface area contributed by atoms with Gasteiger partial charge in [-0.2, -0.15) is 8.78 Å². The van der Waals surface area contributed by atoms with Crippen LogP contribution in [0.1, 0.15) is 27.6 Å². The Morgan fingerprint density at radius 3 is 2.56 bits per heavy atom. The summed E-state index contributed by atoms with van der Waals surface area (Å²) in [7, 11) is 0. The normalized spacial score (nSPS) is 10.3. The van der Waals surface area contributed by atoms with Crippen LogP contribution in [0.3, 0.4) is 0 Å². The molecule has 0 fully saturated rings. The molecule has 0 bridgehead atoms. The van der Waals surface area contributed by atoms with Crippen LogP contribution in [-0.4, -0.2) is 18.7 Å². The van der Waals surface area contributed by atoms with Crippen molar-refractivity contribution in [2.75, 3.05) is 0 Å². The minimum absolute atomic E-state index is 0.0198. The molecule has 0 unspecified atom stereocenters. The van der Waals surface area contributed by atoms with E-state index in [1.807, 2.05) is 0 Å². The summed E-state index contributed by atoms with van der Waals surface area (Å²) >= 11 is 2.98. The number of benzene rings is 1. The van der Waals surface area contributed by atoms with E-state index >= 15 is 0 Å². The number of carbonyl (C=O) groups is 2. The third-order valence-electron chi connectivity index (χ3n) is 1.83. The summed E-state index contributed by atoms with van der Waals surface area (Å²) in [5, 5.41) is 0. The minimum Gasteiger partial charge on any atom is -0.434 e. The van der Waals surface area contributed by atoms with Gasteiger partial charge in [-0.3, -0.25) is 9.59 Å². The largest absolute Gasteiger partial charge is 0.434 e. The number of ketones is 1. The van der Waals surface area contributed by atoms with E-state index in [4.69, 9.17) is 0 Å². The van der Waals surface area contributed by atoms with Gasteiger partial charge in [-0.1, -0.05) is 0 Å².